The molecule has 0 bridgehead atoms. The van der Waals surface area contributed by atoms with Crippen LogP contribution in [0, 0.1) is 18.3 Å². The molecule has 9 heteroatoms. The summed E-state index contributed by atoms with van der Waals surface area (Å²) in [4.78, 5) is 27.8. The topological polar surface area (TPSA) is 80.0 Å². The van der Waals surface area contributed by atoms with E-state index in [0.29, 0.717) is 10.7 Å². The Bertz CT molecular complexity index is 913. The summed E-state index contributed by atoms with van der Waals surface area (Å²) in [5.74, 6) is -2.68. The molecule has 0 spiro atoms. The Kier molecular flexibility index (Phi) is 6.47. The lowest BCUT2D eigenvalue weighted by molar-refractivity contribution is -0.143. The molecule has 0 radical (unpaired) electrons. The second-order valence-electron chi connectivity index (χ2n) is 5.42. The van der Waals surface area contributed by atoms with Crippen molar-refractivity contribution in [2.75, 3.05) is 6.61 Å². The standard InChI is InChI=1S/C18H13F3N2O3S/c1-11-10-27-17(23-11)14(8-22)15(24)9-26-16(25)6-5-12-3-2-4-13(7-12)18(19,20)21/h2-7,10,14H,9H2,1H3/b6-5+/t14-/m1/s1. The van der Waals surface area contributed by atoms with Crippen LogP contribution in [0.15, 0.2) is 35.7 Å². The Labute approximate surface area is 156 Å². The van der Waals surface area contributed by atoms with Gasteiger partial charge in [-0.2, -0.15) is 18.4 Å². The highest BCUT2D eigenvalue weighted by atomic mass is 32.1. The number of esters is 1. The molecular formula is C18H13F3N2O3S. The van der Waals surface area contributed by atoms with Crippen LogP contribution in [0.25, 0.3) is 6.08 Å². The molecule has 0 N–H and O–H groups in total. The number of hydrogen-bond acceptors (Lipinski definition) is 6. The van der Waals surface area contributed by atoms with Crippen molar-refractivity contribution >= 4 is 29.2 Å². The minimum atomic E-state index is -4.49. The first-order valence-electron chi connectivity index (χ1n) is 7.57. The summed E-state index contributed by atoms with van der Waals surface area (Å²) in [5, 5.41) is 11.1. The SMILES string of the molecule is Cc1csc([C@H](C#N)C(=O)COC(=O)/C=C/c2cccc(C(F)(F)F)c2)n1. The maximum absolute atomic E-state index is 12.6. The zero-order valence-electron chi connectivity index (χ0n) is 14.0. The van der Waals surface area contributed by atoms with Gasteiger partial charge in [-0.15, -0.1) is 11.3 Å². The number of benzene rings is 1. The molecule has 0 unspecified atom stereocenters. The monoisotopic (exact) mass is 394 g/mol. The quantitative estimate of drug-likeness (QED) is 0.548. The van der Waals surface area contributed by atoms with E-state index >= 15 is 0 Å². The largest absolute Gasteiger partial charge is 0.454 e. The minimum absolute atomic E-state index is 0.154. The van der Waals surface area contributed by atoms with Crippen LogP contribution in [-0.2, 0) is 20.5 Å². The van der Waals surface area contributed by atoms with Crippen molar-refractivity contribution in [1.82, 2.24) is 4.98 Å². The van der Waals surface area contributed by atoms with Crippen LogP contribution in [-0.4, -0.2) is 23.3 Å². The molecule has 0 aliphatic heterocycles. The summed E-state index contributed by atoms with van der Waals surface area (Å²) in [6.07, 6.45) is -2.43. The van der Waals surface area contributed by atoms with Crippen molar-refractivity contribution in [3.63, 3.8) is 0 Å². The summed E-state index contributed by atoms with van der Waals surface area (Å²) < 4.78 is 42.7. The van der Waals surface area contributed by atoms with Gasteiger partial charge in [0.2, 0.25) is 0 Å². The van der Waals surface area contributed by atoms with E-state index in [-0.39, 0.29) is 5.56 Å². The molecule has 0 aliphatic carbocycles. The van der Waals surface area contributed by atoms with Gasteiger partial charge in [-0.25, -0.2) is 9.78 Å². The third kappa shape index (κ3) is 5.76. The van der Waals surface area contributed by atoms with Gasteiger partial charge in [0.25, 0.3) is 0 Å². The van der Waals surface area contributed by atoms with Crippen LogP contribution in [0.3, 0.4) is 0 Å². The Morgan fingerprint density at radius 1 is 1.41 bits per heavy atom. The minimum Gasteiger partial charge on any atom is -0.454 e. The third-order valence-corrected chi connectivity index (χ3v) is 4.34. The van der Waals surface area contributed by atoms with Gasteiger partial charge in [0, 0.05) is 17.2 Å². The van der Waals surface area contributed by atoms with Gasteiger partial charge in [0.05, 0.1) is 11.6 Å². The number of carbonyl (C=O) groups excluding carboxylic acids is 2. The third-order valence-electron chi connectivity index (χ3n) is 3.32. The summed E-state index contributed by atoms with van der Waals surface area (Å²) in [6, 6.07) is 6.21. The summed E-state index contributed by atoms with van der Waals surface area (Å²) in [7, 11) is 0. The Morgan fingerprint density at radius 3 is 2.74 bits per heavy atom. The van der Waals surface area contributed by atoms with E-state index in [2.05, 4.69) is 4.98 Å². The predicted molar refractivity (Wildman–Crippen MR) is 91.6 cm³/mol. The number of halogens is 3. The molecule has 27 heavy (non-hydrogen) atoms. The summed E-state index contributed by atoms with van der Waals surface area (Å²) >= 11 is 1.15. The van der Waals surface area contributed by atoms with Gasteiger partial charge in [-0.1, -0.05) is 12.1 Å². The average Bonchev–Trinajstić information content (AvgIpc) is 3.04. The lowest BCUT2D eigenvalue weighted by Gasteiger charge is -2.07. The van der Waals surface area contributed by atoms with Crippen molar-refractivity contribution in [3.05, 3.63) is 57.6 Å². The fourth-order valence-corrected chi connectivity index (χ4v) is 2.89. The molecule has 0 aliphatic rings. The number of nitriles is 1. The van der Waals surface area contributed by atoms with Gasteiger partial charge < -0.3 is 4.74 Å². The highest BCUT2D eigenvalue weighted by molar-refractivity contribution is 7.09. The fourth-order valence-electron chi connectivity index (χ4n) is 2.03. The first kappa shape index (κ1) is 20.3. The molecule has 0 saturated heterocycles. The number of ether oxygens (including phenoxy) is 1. The molecule has 1 atom stereocenters. The molecule has 2 rings (SSSR count). The number of carbonyl (C=O) groups is 2. The van der Waals surface area contributed by atoms with Gasteiger partial charge >= 0.3 is 12.1 Å². The molecule has 0 amide bonds. The predicted octanol–water partition coefficient (Wildman–Crippen LogP) is 3.90. The van der Waals surface area contributed by atoms with E-state index in [9.17, 15) is 22.8 Å². The first-order valence-corrected chi connectivity index (χ1v) is 8.45. The number of ketones is 1. The lowest BCUT2D eigenvalue weighted by Crippen LogP contribution is -2.19. The van der Waals surface area contributed by atoms with Crippen molar-refractivity contribution < 1.29 is 27.5 Å². The Balaban J connectivity index is 1.95. The molecule has 0 fully saturated rings. The zero-order chi connectivity index (χ0) is 20.0. The number of aromatic nitrogens is 1. The molecule has 5 nitrogen and oxygen atoms in total. The van der Waals surface area contributed by atoms with Crippen LogP contribution in [0.1, 0.15) is 27.7 Å². The summed E-state index contributed by atoms with van der Waals surface area (Å²) in [5.41, 5.74) is -0.0193. The van der Waals surface area contributed by atoms with Crippen LogP contribution >= 0.6 is 11.3 Å². The van der Waals surface area contributed by atoms with Gasteiger partial charge in [0.15, 0.2) is 18.3 Å². The highest BCUT2D eigenvalue weighted by Gasteiger charge is 2.30. The molecular weight excluding hydrogens is 381 g/mol. The fraction of sp³-hybridized carbons (Fsp3) is 0.222. The molecule has 140 valence electrons. The van der Waals surface area contributed by atoms with Crippen molar-refractivity contribution in [1.29, 1.82) is 5.26 Å². The molecule has 1 aromatic heterocycles. The highest BCUT2D eigenvalue weighted by Crippen LogP contribution is 2.29. The van der Waals surface area contributed by atoms with Crippen molar-refractivity contribution in [2.45, 2.75) is 19.0 Å². The van der Waals surface area contributed by atoms with Crippen LogP contribution in [0.5, 0.6) is 0 Å². The van der Waals surface area contributed by atoms with Gasteiger partial charge in [-0.05, 0) is 30.7 Å². The molecule has 1 heterocycles. The Morgan fingerprint density at radius 2 is 2.15 bits per heavy atom. The van der Waals surface area contributed by atoms with E-state index < -0.39 is 36.0 Å². The smallest absolute Gasteiger partial charge is 0.416 e. The van der Waals surface area contributed by atoms with E-state index in [0.717, 1.165) is 35.6 Å². The number of Topliss-reactive ketones (excluding diaryl/α,β-unsaturated/α-hetero) is 1. The Hall–Kier alpha value is -2.99. The van der Waals surface area contributed by atoms with E-state index in [1.54, 1.807) is 12.3 Å². The summed E-state index contributed by atoms with van der Waals surface area (Å²) in [6.45, 7) is 1.08. The van der Waals surface area contributed by atoms with Crippen LogP contribution < -0.4 is 0 Å². The number of hydrogen-bond donors (Lipinski definition) is 0. The van der Waals surface area contributed by atoms with Crippen molar-refractivity contribution in [3.8, 4) is 6.07 Å². The van der Waals surface area contributed by atoms with Gasteiger partial charge in [-0.3, -0.25) is 4.79 Å². The second kappa shape index (κ2) is 8.60. The molecule has 1 aromatic carbocycles. The number of rotatable bonds is 6. The normalized spacial score (nSPS) is 12.6. The number of alkyl halides is 3. The number of nitrogens with zero attached hydrogens (tertiary/aromatic N) is 2. The van der Waals surface area contributed by atoms with Crippen LogP contribution in [0.2, 0.25) is 0 Å². The zero-order valence-corrected chi connectivity index (χ0v) is 14.8. The van der Waals surface area contributed by atoms with Crippen LogP contribution in [0.4, 0.5) is 13.2 Å². The maximum atomic E-state index is 12.6. The van der Waals surface area contributed by atoms with Crippen molar-refractivity contribution in [2.24, 2.45) is 0 Å². The first-order chi connectivity index (χ1) is 12.7. The number of thiazole rings is 1. The number of aryl methyl sites for hydroxylation is 1. The maximum Gasteiger partial charge on any atom is 0.416 e. The van der Waals surface area contributed by atoms with Gasteiger partial charge in [0.1, 0.15) is 5.01 Å². The van der Waals surface area contributed by atoms with E-state index in [1.165, 1.54) is 12.1 Å². The second-order valence-corrected chi connectivity index (χ2v) is 6.31. The van der Waals surface area contributed by atoms with E-state index in [1.807, 2.05) is 6.07 Å². The van der Waals surface area contributed by atoms with E-state index in [4.69, 9.17) is 10.00 Å². The molecule has 2 aromatic rings. The lowest BCUT2D eigenvalue weighted by atomic mass is 10.1. The average molecular weight is 394 g/mol. The molecule has 0 saturated carbocycles.